The van der Waals surface area contributed by atoms with Crippen LogP contribution in [0, 0.1) is 10.1 Å². The SMILES string of the molecule is CC(C)(C)c1cc(NC(=O)Nc2ccc(-n3cnc(-c4ccc(OCCN5CCOCC5)c([N+](=O)[O-])c4)c3)cc2)no1. The molecule has 2 N–H and O–H groups in total. The molecule has 13 nitrogen and oxygen atoms in total. The van der Waals surface area contributed by atoms with Crippen LogP contribution in [-0.2, 0) is 10.2 Å². The summed E-state index contributed by atoms with van der Waals surface area (Å²) in [5, 5.41) is 21.1. The molecule has 13 heteroatoms. The number of hydrogen-bond donors (Lipinski definition) is 2. The maximum Gasteiger partial charge on any atom is 0.324 e. The van der Waals surface area contributed by atoms with Crippen molar-refractivity contribution < 1.29 is 23.7 Å². The topological polar surface area (TPSA) is 150 Å². The molecule has 220 valence electrons. The number of urea groups is 1. The Morgan fingerprint density at radius 2 is 1.86 bits per heavy atom. The van der Waals surface area contributed by atoms with Crippen molar-refractivity contribution in [1.82, 2.24) is 19.6 Å². The minimum atomic E-state index is -0.448. The highest BCUT2D eigenvalue weighted by Crippen LogP contribution is 2.32. The quantitative estimate of drug-likeness (QED) is 0.205. The fourth-order valence-electron chi connectivity index (χ4n) is 4.35. The summed E-state index contributed by atoms with van der Waals surface area (Å²) >= 11 is 0. The molecule has 4 aromatic rings. The number of benzene rings is 2. The molecule has 0 bridgehead atoms. The van der Waals surface area contributed by atoms with E-state index >= 15 is 0 Å². The summed E-state index contributed by atoms with van der Waals surface area (Å²) in [4.78, 5) is 30.4. The molecule has 0 unspecified atom stereocenters. The van der Waals surface area contributed by atoms with Gasteiger partial charge in [0, 0.05) is 60.3 Å². The fraction of sp³-hybridized carbons (Fsp3) is 0.345. The number of nitro groups is 1. The van der Waals surface area contributed by atoms with Gasteiger partial charge in [0.05, 0.1) is 30.2 Å². The first-order chi connectivity index (χ1) is 20.2. The first-order valence-electron chi connectivity index (χ1n) is 13.6. The van der Waals surface area contributed by atoms with E-state index in [9.17, 15) is 14.9 Å². The van der Waals surface area contributed by atoms with Crippen LogP contribution in [0.1, 0.15) is 26.5 Å². The lowest BCUT2D eigenvalue weighted by molar-refractivity contribution is -0.385. The minimum Gasteiger partial charge on any atom is -0.485 e. The summed E-state index contributed by atoms with van der Waals surface area (Å²) in [6.07, 6.45) is 3.41. The average molecular weight is 576 g/mol. The standard InChI is InChI=1S/C29H33N7O6/c1-29(2,3)26-17-27(33-42-26)32-28(37)31-21-5-7-22(8-6-21)35-18-23(30-19-35)20-4-9-25(24(16-20)36(38)39)41-15-12-34-10-13-40-14-11-34/h4-9,16-19H,10-15H2,1-3H3,(H2,31,32,33,37). The zero-order chi connectivity index (χ0) is 29.7. The third-order valence-electron chi connectivity index (χ3n) is 6.72. The number of ether oxygens (including phenoxy) is 2. The van der Waals surface area contributed by atoms with Gasteiger partial charge in [-0.2, -0.15) is 0 Å². The molecule has 1 aliphatic rings. The molecular formula is C29H33N7O6. The zero-order valence-electron chi connectivity index (χ0n) is 23.7. The molecule has 1 saturated heterocycles. The van der Waals surface area contributed by atoms with Crippen LogP contribution in [0.4, 0.5) is 22.0 Å². The summed E-state index contributed by atoms with van der Waals surface area (Å²) < 4.78 is 18.2. The maximum atomic E-state index is 12.4. The second kappa shape index (κ2) is 12.4. The van der Waals surface area contributed by atoms with Crippen molar-refractivity contribution in [1.29, 1.82) is 0 Å². The lowest BCUT2D eigenvalue weighted by atomic mass is 9.93. The number of morpholine rings is 1. The van der Waals surface area contributed by atoms with Gasteiger partial charge in [-0.05, 0) is 36.4 Å². The van der Waals surface area contributed by atoms with Crippen LogP contribution in [-0.4, -0.2) is 70.0 Å². The van der Waals surface area contributed by atoms with Gasteiger partial charge in [0.15, 0.2) is 11.6 Å². The number of amides is 2. The number of carbonyl (C=O) groups is 1. The maximum absolute atomic E-state index is 12.4. The van der Waals surface area contributed by atoms with E-state index < -0.39 is 11.0 Å². The number of imidazole rings is 1. The van der Waals surface area contributed by atoms with Crippen LogP contribution < -0.4 is 15.4 Å². The lowest BCUT2D eigenvalue weighted by Gasteiger charge is -2.26. The average Bonchev–Trinajstić information content (AvgIpc) is 3.65. The van der Waals surface area contributed by atoms with Gasteiger partial charge in [-0.25, -0.2) is 9.78 Å². The Labute approximate surface area is 242 Å². The van der Waals surface area contributed by atoms with Gasteiger partial charge >= 0.3 is 11.7 Å². The summed E-state index contributed by atoms with van der Waals surface area (Å²) in [6.45, 7) is 10.0. The molecular weight excluding hydrogens is 542 g/mol. The summed E-state index contributed by atoms with van der Waals surface area (Å²) in [7, 11) is 0. The van der Waals surface area contributed by atoms with Crippen molar-refractivity contribution in [2.24, 2.45) is 0 Å². The van der Waals surface area contributed by atoms with Crippen molar-refractivity contribution >= 4 is 23.2 Å². The Kier molecular flexibility index (Phi) is 8.50. The van der Waals surface area contributed by atoms with Crippen LogP contribution in [0.3, 0.4) is 0 Å². The Morgan fingerprint density at radius 1 is 1.10 bits per heavy atom. The largest absolute Gasteiger partial charge is 0.485 e. The Bertz CT molecular complexity index is 1530. The number of nitro benzene ring substituents is 1. The van der Waals surface area contributed by atoms with Gasteiger partial charge < -0.3 is 23.9 Å². The number of nitrogens with zero attached hydrogens (tertiary/aromatic N) is 5. The van der Waals surface area contributed by atoms with E-state index in [1.54, 1.807) is 47.4 Å². The predicted octanol–water partition coefficient (Wildman–Crippen LogP) is 5.09. The van der Waals surface area contributed by atoms with Crippen molar-refractivity contribution in [3.05, 3.63) is 76.9 Å². The van der Waals surface area contributed by atoms with Crippen LogP contribution in [0.15, 0.2) is 65.6 Å². The molecule has 0 radical (unpaired) electrons. The monoisotopic (exact) mass is 575 g/mol. The molecule has 3 heterocycles. The second-order valence-electron chi connectivity index (χ2n) is 10.9. The number of anilines is 2. The lowest BCUT2D eigenvalue weighted by Crippen LogP contribution is -2.38. The Balaban J connectivity index is 1.20. The zero-order valence-corrected chi connectivity index (χ0v) is 23.7. The molecule has 0 spiro atoms. The molecule has 2 amide bonds. The smallest absolute Gasteiger partial charge is 0.324 e. The second-order valence-corrected chi connectivity index (χ2v) is 10.9. The Hall–Kier alpha value is -4.75. The molecule has 5 rings (SSSR count). The number of rotatable bonds is 9. The van der Waals surface area contributed by atoms with E-state index in [0.717, 1.165) is 18.8 Å². The molecule has 0 aliphatic carbocycles. The van der Waals surface area contributed by atoms with Gasteiger partial charge in [-0.1, -0.05) is 25.9 Å². The first kappa shape index (κ1) is 28.8. The van der Waals surface area contributed by atoms with Gasteiger partial charge in [0.2, 0.25) is 0 Å². The minimum absolute atomic E-state index is 0.113. The molecule has 42 heavy (non-hydrogen) atoms. The van der Waals surface area contributed by atoms with E-state index in [-0.39, 0.29) is 16.9 Å². The normalized spacial score (nSPS) is 14.0. The van der Waals surface area contributed by atoms with Gasteiger partial charge in [0.25, 0.3) is 0 Å². The number of aromatic nitrogens is 3. The summed E-state index contributed by atoms with van der Waals surface area (Å²) in [5.74, 6) is 1.22. The molecule has 1 aliphatic heterocycles. The van der Waals surface area contributed by atoms with Gasteiger partial charge in [-0.3, -0.25) is 20.3 Å². The molecule has 1 fully saturated rings. The fourth-order valence-corrected chi connectivity index (χ4v) is 4.35. The molecule has 2 aromatic carbocycles. The highest BCUT2D eigenvalue weighted by molar-refractivity contribution is 5.99. The number of hydrogen-bond acceptors (Lipinski definition) is 9. The van der Waals surface area contributed by atoms with Crippen molar-refractivity contribution in [2.75, 3.05) is 50.1 Å². The van der Waals surface area contributed by atoms with E-state index in [1.807, 2.05) is 32.9 Å². The predicted molar refractivity (Wildman–Crippen MR) is 156 cm³/mol. The highest BCUT2D eigenvalue weighted by atomic mass is 16.6. The summed E-state index contributed by atoms with van der Waals surface area (Å²) in [6, 6.07) is 13.2. The van der Waals surface area contributed by atoms with Crippen LogP contribution >= 0.6 is 0 Å². The summed E-state index contributed by atoms with van der Waals surface area (Å²) in [5.41, 5.74) is 2.21. The third-order valence-corrected chi connectivity index (χ3v) is 6.72. The third kappa shape index (κ3) is 7.11. The van der Waals surface area contributed by atoms with Gasteiger partial charge in [0.1, 0.15) is 12.4 Å². The van der Waals surface area contributed by atoms with Crippen LogP contribution in [0.5, 0.6) is 5.75 Å². The molecule has 2 aromatic heterocycles. The van der Waals surface area contributed by atoms with E-state index in [4.69, 9.17) is 14.0 Å². The Morgan fingerprint density at radius 3 is 2.55 bits per heavy atom. The first-order valence-corrected chi connectivity index (χ1v) is 13.6. The van der Waals surface area contributed by atoms with Crippen LogP contribution in [0.25, 0.3) is 16.9 Å². The highest BCUT2D eigenvalue weighted by Gasteiger charge is 2.21. The van der Waals surface area contributed by atoms with Gasteiger partial charge in [-0.15, -0.1) is 0 Å². The van der Waals surface area contributed by atoms with Crippen molar-refractivity contribution in [2.45, 2.75) is 26.2 Å². The molecule has 0 saturated carbocycles. The number of nitrogens with one attached hydrogen (secondary N) is 2. The van der Waals surface area contributed by atoms with E-state index in [0.29, 0.717) is 54.9 Å². The number of carbonyl (C=O) groups excluding carboxylic acids is 1. The van der Waals surface area contributed by atoms with Crippen molar-refractivity contribution in [3.63, 3.8) is 0 Å². The van der Waals surface area contributed by atoms with Crippen molar-refractivity contribution in [3.8, 4) is 22.7 Å². The molecule has 0 atom stereocenters. The van der Waals surface area contributed by atoms with Crippen LogP contribution in [0.2, 0.25) is 0 Å². The van der Waals surface area contributed by atoms with E-state index in [2.05, 4.69) is 25.7 Å². The van der Waals surface area contributed by atoms with E-state index in [1.165, 1.54) is 6.07 Å².